The summed E-state index contributed by atoms with van der Waals surface area (Å²) in [7, 11) is 0. The van der Waals surface area contributed by atoms with Crippen molar-refractivity contribution >= 4 is 11.6 Å². The molecule has 0 spiro atoms. The number of aryl methyl sites for hydroxylation is 2. The fourth-order valence-corrected chi connectivity index (χ4v) is 2.38. The molecule has 0 saturated carbocycles. The number of fused-ring (bicyclic) bond motifs is 1. The van der Waals surface area contributed by atoms with E-state index in [1.807, 2.05) is 38.1 Å². The van der Waals surface area contributed by atoms with Gasteiger partial charge in [-0.15, -0.1) is 0 Å². The van der Waals surface area contributed by atoms with Crippen LogP contribution in [0.15, 0.2) is 42.6 Å². The highest BCUT2D eigenvalue weighted by molar-refractivity contribution is 5.88. The molecule has 0 unspecified atom stereocenters. The average Bonchev–Trinajstić information content (AvgIpc) is 2.86. The SMILES string of the molecule is Cc1ccc(C)c(OCc2nc3ccccn3c2C(=O)O)c1. The highest BCUT2D eigenvalue weighted by atomic mass is 16.5. The van der Waals surface area contributed by atoms with Gasteiger partial charge in [-0.25, -0.2) is 9.78 Å². The molecule has 0 bridgehead atoms. The minimum Gasteiger partial charge on any atom is -0.487 e. The van der Waals surface area contributed by atoms with Crippen molar-refractivity contribution in [2.75, 3.05) is 0 Å². The number of imidazole rings is 1. The molecule has 2 heterocycles. The van der Waals surface area contributed by atoms with E-state index in [0.29, 0.717) is 11.3 Å². The summed E-state index contributed by atoms with van der Waals surface area (Å²) in [6.45, 7) is 4.06. The van der Waals surface area contributed by atoms with Gasteiger partial charge in [0.2, 0.25) is 0 Å². The van der Waals surface area contributed by atoms with Gasteiger partial charge in [-0.3, -0.25) is 4.40 Å². The number of carboxylic acid groups (broad SMARTS) is 1. The van der Waals surface area contributed by atoms with Crippen LogP contribution in [-0.2, 0) is 6.61 Å². The normalized spacial score (nSPS) is 10.8. The number of pyridine rings is 1. The zero-order valence-electron chi connectivity index (χ0n) is 12.4. The summed E-state index contributed by atoms with van der Waals surface area (Å²) in [5, 5.41) is 9.43. The lowest BCUT2D eigenvalue weighted by Crippen LogP contribution is -2.08. The van der Waals surface area contributed by atoms with Crippen molar-refractivity contribution in [3.63, 3.8) is 0 Å². The Bertz CT molecular complexity index is 852. The molecule has 0 fully saturated rings. The van der Waals surface area contributed by atoms with Crippen LogP contribution in [0.1, 0.15) is 27.3 Å². The third-order valence-corrected chi connectivity index (χ3v) is 3.51. The van der Waals surface area contributed by atoms with Crippen LogP contribution in [0.25, 0.3) is 5.65 Å². The molecule has 0 amide bonds. The van der Waals surface area contributed by atoms with E-state index >= 15 is 0 Å². The average molecular weight is 296 g/mol. The molecule has 0 aliphatic heterocycles. The van der Waals surface area contributed by atoms with Gasteiger partial charge in [0.15, 0.2) is 5.69 Å². The molecule has 0 aliphatic rings. The maximum absolute atomic E-state index is 11.5. The number of nitrogens with zero attached hydrogens (tertiary/aromatic N) is 2. The van der Waals surface area contributed by atoms with Crippen LogP contribution < -0.4 is 4.74 Å². The first-order valence-electron chi connectivity index (χ1n) is 6.95. The van der Waals surface area contributed by atoms with Gasteiger partial charge >= 0.3 is 5.97 Å². The first-order chi connectivity index (χ1) is 10.6. The quantitative estimate of drug-likeness (QED) is 0.803. The predicted octanol–water partition coefficient (Wildman–Crippen LogP) is 3.23. The number of aromatic nitrogens is 2. The third kappa shape index (κ3) is 2.53. The molecule has 2 aromatic heterocycles. The molecule has 1 N–H and O–H groups in total. The predicted molar refractivity (Wildman–Crippen MR) is 82.4 cm³/mol. The second-order valence-electron chi connectivity index (χ2n) is 5.20. The fourth-order valence-electron chi connectivity index (χ4n) is 2.38. The van der Waals surface area contributed by atoms with Crippen molar-refractivity contribution in [1.29, 1.82) is 0 Å². The summed E-state index contributed by atoms with van der Waals surface area (Å²) in [5.41, 5.74) is 3.25. The Balaban J connectivity index is 1.95. The smallest absolute Gasteiger partial charge is 0.354 e. The number of carbonyl (C=O) groups is 1. The van der Waals surface area contributed by atoms with Crippen LogP contribution in [0, 0.1) is 13.8 Å². The van der Waals surface area contributed by atoms with E-state index in [1.165, 1.54) is 0 Å². The Kier molecular flexibility index (Phi) is 3.55. The molecule has 0 radical (unpaired) electrons. The van der Waals surface area contributed by atoms with Crippen LogP contribution >= 0.6 is 0 Å². The minimum atomic E-state index is -1.02. The molecule has 112 valence electrons. The fraction of sp³-hybridized carbons (Fsp3) is 0.176. The Morgan fingerprint density at radius 1 is 1.27 bits per heavy atom. The van der Waals surface area contributed by atoms with Crippen molar-refractivity contribution in [3.05, 3.63) is 65.1 Å². The molecule has 0 aliphatic carbocycles. The first kappa shape index (κ1) is 14.1. The number of carboxylic acids is 1. The summed E-state index contributed by atoms with van der Waals surface area (Å²) >= 11 is 0. The summed E-state index contributed by atoms with van der Waals surface area (Å²) in [4.78, 5) is 15.9. The second kappa shape index (κ2) is 5.52. The van der Waals surface area contributed by atoms with Gasteiger partial charge in [-0.2, -0.15) is 0 Å². The molecule has 5 nitrogen and oxygen atoms in total. The summed E-state index contributed by atoms with van der Waals surface area (Å²) in [5.74, 6) is -0.272. The molecule has 22 heavy (non-hydrogen) atoms. The summed E-state index contributed by atoms with van der Waals surface area (Å²) in [6, 6.07) is 11.3. The van der Waals surface area contributed by atoms with Gasteiger partial charge < -0.3 is 9.84 Å². The van der Waals surface area contributed by atoms with Crippen molar-refractivity contribution in [2.45, 2.75) is 20.5 Å². The lowest BCUT2D eigenvalue weighted by molar-refractivity contribution is 0.0686. The van der Waals surface area contributed by atoms with Gasteiger partial charge in [0, 0.05) is 6.20 Å². The number of rotatable bonds is 4. The molecule has 3 rings (SSSR count). The molecule has 1 aromatic carbocycles. The van der Waals surface area contributed by atoms with E-state index < -0.39 is 5.97 Å². The number of benzene rings is 1. The summed E-state index contributed by atoms with van der Waals surface area (Å²) < 4.78 is 7.34. The highest BCUT2D eigenvalue weighted by Gasteiger charge is 2.18. The Labute approximate surface area is 127 Å². The van der Waals surface area contributed by atoms with Crippen LogP contribution in [0.4, 0.5) is 0 Å². The topological polar surface area (TPSA) is 63.8 Å². The third-order valence-electron chi connectivity index (χ3n) is 3.51. The zero-order valence-corrected chi connectivity index (χ0v) is 12.4. The van der Waals surface area contributed by atoms with Crippen molar-refractivity contribution in [3.8, 4) is 5.75 Å². The Hall–Kier alpha value is -2.82. The van der Waals surface area contributed by atoms with Crippen molar-refractivity contribution < 1.29 is 14.6 Å². The van der Waals surface area contributed by atoms with Gasteiger partial charge in [0.1, 0.15) is 23.7 Å². The van der Waals surface area contributed by atoms with Crippen molar-refractivity contribution in [1.82, 2.24) is 9.38 Å². The van der Waals surface area contributed by atoms with E-state index in [2.05, 4.69) is 4.98 Å². The lowest BCUT2D eigenvalue weighted by Gasteiger charge is -2.09. The van der Waals surface area contributed by atoms with Crippen LogP contribution in [-0.4, -0.2) is 20.5 Å². The number of hydrogen-bond acceptors (Lipinski definition) is 3. The molecular formula is C17H16N2O3. The van der Waals surface area contributed by atoms with E-state index in [9.17, 15) is 9.90 Å². The Morgan fingerprint density at radius 2 is 2.09 bits per heavy atom. The van der Waals surface area contributed by atoms with Crippen LogP contribution in [0.2, 0.25) is 0 Å². The molecular weight excluding hydrogens is 280 g/mol. The zero-order chi connectivity index (χ0) is 15.7. The van der Waals surface area contributed by atoms with E-state index in [0.717, 1.165) is 16.9 Å². The molecule has 0 atom stereocenters. The number of hydrogen-bond donors (Lipinski definition) is 1. The van der Waals surface area contributed by atoms with Crippen LogP contribution in [0.5, 0.6) is 5.75 Å². The highest BCUT2D eigenvalue weighted by Crippen LogP contribution is 2.21. The van der Waals surface area contributed by atoms with E-state index in [1.54, 1.807) is 22.7 Å². The maximum Gasteiger partial charge on any atom is 0.354 e. The largest absolute Gasteiger partial charge is 0.487 e. The summed E-state index contributed by atoms with van der Waals surface area (Å²) in [6.07, 6.45) is 1.69. The Morgan fingerprint density at radius 3 is 2.86 bits per heavy atom. The lowest BCUT2D eigenvalue weighted by atomic mass is 10.1. The van der Waals surface area contributed by atoms with Gasteiger partial charge in [-0.1, -0.05) is 18.2 Å². The molecule has 0 saturated heterocycles. The molecule has 5 heteroatoms. The van der Waals surface area contributed by atoms with Gasteiger partial charge in [0.25, 0.3) is 0 Å². The minimum absolute atomic E-state index is 0.119. The monoisotopic (exact) mass is 296 g/mol. The van der Waals surface area contributed by atoms with E-state index in [4.69, 9.17) is 4.74 Å². The van der Waals surface area contributed by atoms with E-state index in [-0.39, 0.29) is 12.3 Å². The van der Waals surface area contributed by atoms with Gasteiger partial charge in [-0.05, 0) is 43.2 Å². The van der Waals surface area contributed by atoms with Crippen molar-refractivity contribution in [2.24, 2.45) is 0 Å². The number of ether oxygens (including phenoxy) is 1. The standard InChI is InChI=1S/C17H16N2O3/c1-11-6-7-12(2)14(9-11)22-10-13-16(17(20)21)19-8-4-3-5-15(19)18-13/h3-9H,10H2,1-2H3,(H,20,21). The first-order valence-corrected chi connectivity index (χ1v) is 6.95. The van der Waals surface area contributed by atoms with Gasteiger partial charge in [0.05, 0.1) is 0 Å². The second-order valence-corrected chi connectivity index (χ2v) is 5.20. The van der Waals surface area contributed by atoms with Crippen LogP contribution in [0.3, 0.4) is 0 Å². The molecule has 3 aromatic rings. The maximum atomic E-state index is 11.5. The number of aromatic carboxylic acids is 1.